The number of ether oxygens (including phenoxy) is 1. The Hall–Kier alpha value is -1.66. The number of benzene rings is 2. The van der Waals surface area contributed by atoms with Crippen LogP contribution in [0.5, 0.6) is 0 Å². The second kappa shape index (κ2) is 7.07. The summed E-state index contributed by atoms with van der Waals surface area (Å²) in [6, 6.07) is 21.9. The van der Waals surface area contributed by atoms with Crippen molar-refractivity contribution in [1.29, 1.82) is 0 Å². The molecule has 0 saturated heterocycles. The van der Waals surface area contributed by atoms with Crippen LogP contribution in [0.25, 0.3) is 0 Å². The normalized spacial score (nSPS) is 17.9. The lowest BCUT2D eigenvalue weighted by molar-refractivity contribution is 0.282. The number of hydrogen-bond acceptors (Lipinski definition) is 2. The van der Waals surface area contributed by atoms with Gasteiger partial charge in [0.15, 0.2) is 5.90 Å². The van der Waals surface area contributed by atoms with Gasteiger partial charge < -0.3 is 4.74 Å². The molecule has 0 fully saturated rings. The quantitative estimate of drug-likeness (QED) is 0.742. The van der Waals surface area contributed by atoms with Crippen LogP contribution in [0.15, 0.2) is 65.7 Å². The SMILES string of the molecule is CC(C)[C@H]1COC(C(C)(C)P(c2ccccc2)c2ccccc2)=N1. The standard InChI is InChI=1S/C21H26NOP/c1-16(2)19-15-23-20(22-19)21(3,4)24(17-11-7-5-8-12-17)18-13-9-6-10-14-18/h5-14,16,19H,15H2,1-4H3/t19-/m1/s1. The van der Waals surface area contributed by atoms with Crippen molar-refractivity contribution in [3.05, 3.63) is 60.7 Å². The van der Waals surface area contributed by atoms with Gasteiger partial charge in [-0.2, -0.15) is 0 Å². The van der Waals surface area contributed by atoms with Crippen LogP contribution in [0.3, 0.4) is 0 Å². The van der Waals surface area contributed by atoms with E-state index in [1.807, 2.05) is 0 Å². The van der Waals surface area contributed by atoms with Crippen LogP contribution in [0.4, 0.5) is 0 Å². The highest BCUT2D eigenvalue weighted by Crippen LogP contribution is 2.49. The fourth-order valence-corrected chi connectivity index (χ4v) is 5.95. The first-order chi connectivity index (χ1) is 11.5. The smallest absolute Gasteiger partial charge is 0.194 e. The average Bonchev–Trinajstić information content (AvgIpc) is 3.08. The van der Waals surface area contributed by atoms with Gasteiger partial charge >= 0.3 is 0 Å². The molecule has 0 aliphatic carbocycles. The van der Waals surface area contributed by atoms with E-state index in [4.69, 9.17) is 9.73 Å². The van der Waals surface area contributed by atoms with Gasteiger partial charge in [-0.15, -0.1) is 0 Å². The lowest BCUT2D eigenvalue weighted by Crippen LogP contribution is -2.37. The van der Waals surface area contributed by atoms with Gasteiger partial charge in [0.2, 0.25) is 0 Å². The molecule has 1 aliphatic heterocycles. The molecule has 0 saturated carbocycles. The Bertz CT molecular complexity index is 655. The Labute approximate surface area is 146 Å². The molecule has 0 unspecified atom stereocenters. The van der Waals surface area contributed by atoms with Gasteiger partial charge in [0, 0.05) is 0 Å². The zero-order valence-corrected chi connectivity index (χ0v) is 15.8. The third kappa shape index (κ3) is 3.39. The van der Waals surface area contributed by atoms with E-state index in [0.29, 0.717) is 12.5 Å². The highest BCUT2D eigenvalue weighted by Gasteiger charge is 2.41. The maximum absolute atomic E-state index is 6.08. The van der Waals surface area contributed by atoms with Crippen LogP contribution in [0.2, 0.25) is 0 Å². The van der Waals surface area contributed by atoms with E-state index in [-0.39, 0.29) is 11.2 Å². The van der Waals surface area contributed by atoms with Gasteiger partial charge in [-0.1, -0.05) is 74.5 Å². The molecule has 2 aromatic carbocycles. The first-order valence-electron chi connectivity index (χ1n) is 8.61. The maximum atomic E-state index is 6.08. The van der Waals surface area contributed by atoms with Gasteiger partial charge in [0.1, 0.15) is 6.61 Å². The average molecular weight is 339 g/mol. The summed E-state index contributed by atoms with van der Waals surface area (Å²) in [5.41, 5.74) is 0. The highest BCUT2D eigenvalue weighted by molar-refractivity contribution is 7.75. The zero-order chi connectivity index (χ0) is 17.2. The molecular weight excluding hydrogens is 313 g/mol. The van der Waals surface area contributed by atoms with Crippen LogP contribution in [-0.4, -0.2) is 23.7 Å². The number of aliphatic imine (C=N–C) groups is 1. The van der Waals surface area contributed by atoms with Crippen molar-refractivity contribution >= 4 is 24.4 Å². The van der Waals surface area contributed by atoms with Crippen LogP contribution < -0.4 is 10.6 Å². The van der Waals surface area contributed by atoms with Gasteiger partial charge in [-0.3, -0.25) is 0 Å². The largest absolute Gasteiger partial charge is 0.478 e. The van der Waals surface area contributed by atoms with Crippen molar-refractivity contribution in [2.45, 2.75) is 38.9 Å². The van der Waals surface area contributed by atoms with E-state index in [0.717, 1.165) is 5.90 Å². The molecule has 1 aliphatic rings. The Morgan fingerprint density at radius 3 is 1.88 bits per heavy atom. The molecule has 0 amide bonds. The molecule has 2 nitrogen and oxygen atoms in total. The van der Waals surface area contributed by atoms with E-state index in [1.54, 1.807) is 0 Å². The lowest BCUT2D eigenvalue weighted by atomic mass is 10.1. The van der Waals surface area contributed by atoms with Crippen LogP contribution in [0.1, 0.15) is 27.7 Å². The summed E-state index contributed by atoms with van der Waals surface area (Å²) in [5.74, 6) is 1.43. The molecule has 3 heteroatoms. The van der Waals surface area contributed by atoms with Gasteiger partial charge in [0.05, 0.1) is 11.2 Å². The summed E-state index contributed by atoms with van der Waals surface area (Å²) in [4.78, 5) is 4.94. The molecule has 0 N–H and O–H groups in total. The molecule has 1 atom stereocenters. The molecule has 1 heterocycles. The Morgan fingerprint density at radius 1 is 0.958 bits per heavy atom. The number of hydrogen-bond donors (Lipinski definition) is 0. The third-order valence-corrected chi connectivity index (χ3v) is 7.49. The van der Waals surface area contributed by atoms with Gasteiger partial charge in [-0.25, -0.2) is 4.99 Å². The van der Waals surface area contributed by atoms with Crippen molar-refractivity contribution in [2.24, 2.45) is 10.9 Å². The predicted molar refractivity (Wildman–Crippen MR) is 105 cm³/mol. The molecule has 3 rings (SSSR count). The van der Waals surface area contributed by atoms with Crippen molar-refractivity contribution in [1.82, 2.24) is 0 Å². The van der Waals surface area contributed by atoms with E-state index in [2.05, 4.69) is 88.4 Å². The first kappa shape index (κ1) is 17.2. The van der Waals surface area contributed by atoms with Gasteiger partial charge in [0.25, 0.3) is 0 Å². The summed E-state index contributed by atoms with van der Waals surface area (Å²) in [7, 11) is -0.599. The number of rotatable bonds is 5. The number of nitrogens with zero attached hydrogens (tertiary/aromatic N) is 1. The van der Waals surface area contributed by atoms with E-state index >= 15 is 0 Å². The third-order valence-electron chi connectivity index (χ3n) is 4.55. The Balaban J connectivity index is 2.04. The zero-order valence-electron chi connectivity index (χ0n) is 14.9. The highest BCUT2D eigenvalue weighted by atomic mass is 31.1. The molecule has 0 spiro atoms. The monoisotopic (exact) mass is 339 g/mol. The molecule has 0 bridgehead atoms. The van der Waals surface area contributed by atoms with Crippen LogP contribution in [0, 0.1) is 5.92 Å². The Morgan fingerprint density at radius 2 is 1.46 bits per heavy atom. The van der Waals surface area contributed by atoms with E-state index < -0.39 is 7.92 Å². The lowest BCUT2D eigenvalue weighted by Gasteiger charge is -2.34. The molecule has 0 aromatic heterocycles. The fraction of sp³-hybridized carbons (Fsp3) is 0.381. The van der Waals surface area contributed by atoms with Crippen LogP contribution in [-0.2, 0) is 4.74 Å². The second-order valence-corrected chi connectivity index (χ2v) is 9.94. The maximum Gasteiger partial charge on any atom is 0.194 e. The first-order valence-corrected chi connectivity index (χ1v) is 9.95. The minimum Gasteiger partial charge on any atom is -0.478 e. The van der Waals surface area contributed by atoms with Crippen molar-refractivity contribution in [3.63, 3.8) is 0 Å². The summed E-state index contributed by atoms with van der Waals surface area (Å²) >= 11 is 0. The van der Waals surface area contributed by atoms with Crippen LogP contribution >= 0.6 is 7.92 Å². The summed E-state index contributed by atoms with van der Waals surface area (Å²) in [5, 5.41) is 2.59. The molecule has 0 radical (unpaired) electrons. The minimum absolute atomic E-state index is 0.137. The van der Waals surface area contributed by atoms with Crippen molar-refractivity contribution in [2.75, 3.05) is 6.61 Å². The Kier molecular flexibility index (Phi) is 5.06. The molecular formula is C21H26NOP. The van der Waals surface area contributed by atoms with E-state index in [9.17, 15) is 0 Å². The molecule has 126 valence electrons. The summed E-state index contributed by atoms with van der Waals surface area (Å²) in [6.45, 7) is 9.69. The minimum atomic E-state index is -0.599. The predicted octanol–water partition coefficient (Wildman–Crippen LogP) is 4.35. The van der Waals surface area contributed by atoms with Gasteiger partial charge in [-0.05, 0) is 38.3 Å². The topological polar surface area (TPSA) is 21.6 Å². The summed E-state index contributed by atoms with van der Waals surface area (Å²) in [6.07, 6.45) is 0. The van der Waals surface area contributed by atoms with Crippen molar-refractivity contribution in [3.8, 4) is 0 Å². The molecule has 24 heavy (non-hydrogen) atoms. The second-order valence-electron chi connectivity index (χ2n) is 7.12. The van der Waals surface area contributed by atoms with E-state index in [1.165, 1.54) is 10.6 Å². The molecule has 2 aromatic rings. The fourth-order valence-electron chi connectivity index (χ4n) is 3.11. The van der Waals surface area contributed by atoms with Crippen molar-refractivity contribution < 1.29 is 4.74 Å². The summed E-state index contributed by atoms with van der Waals surface area (Å²) < 4.78 is 6.08.